The molecule has 0 saturated carbocycles. The zero-order chi connectivity index (χ0) is 30.8. The topological polar surface area (TPSA) is 130 Å². The van der Waals surface area contributed by atoms with Crippen molar-refractivity contribution in [1.29, 1.82) is 0 Å². The second-order valence-corrected chi connectivity index (χ2v) is 9.27. The maximum Gasteiger partial charge on any atom is 0.573 e. The number of anilines is 1. The van der Waals surface area contributed by atoms with Gasteiger partial charge in [0, 0.05) is 41.9 Å². The molecule has 0 bridgehead atoms. The number of alkyl halides is 3. The molecule has 3 aromatic rings. The Hall–Kier alpha value is -4.50. The van der Waals surface area contributed by atoms with Crippen molar-refractivity contribution in [2.75, 3.05) is 25.2 Å². The van der Waals surface area contributed by atoms with Gasteiger partial charge in [0.1, 0.15) is 34.9 Å². The maximum absolute atomic E-state index is 15.2. The van der Waals surface area contributed by atoms with E-state index in [2.05, 4.69) is 10.1 Å². The Kier molecular flexibility index (Phi) is 8.82. The summed E-state index contributed by atoms with van der Waals surface area (Å²) in [4.78, 5) is 40.7. The highest BCUT2D eigenvalue weighted by Gasteiger charge is 2.46. The first-order valence-corrected chi connectivity index (χ1v) is 12.3. The number of aromatic nitrogens is 1. The number of nitrogens with one attached hydrogen (secondary N) is 1. The molecule has 4 rings (SSSR count). The maximum atomic E-state index is 15.2. The van der Waals surface area contributed by atoms with Gasteiger partial charge in [-0.1, -0.05) is 0 Å². The Morgan fingerprint density at radius 2 is 1.74 bits per heavy atom. The number of nitrogens with zero attached hydrogens (tertiary/aromatic N) is 2. The molecule has 10 nitrogen and oxygen atoms in total. The molecule has 0 aliphatic carbocycles. The first kappa shape index (κ1) is 30.5. The molecule has 2 unspecified atom stereocenters. The number of aliphatic hydroxyl groups excluding tert-OH is 2. The summed E-state index contributed by atoms with van der Waals surface area (Å²) in [5.41, 5.74) is -1.75. The Labute approximate surface area is 234 Å². The van der Waals surface area contributed by atoms with E-state index in [9.17, 15) is 32.7 Å². The SMILES string of the molecule is COc1cc(F)c([C@@H]2CN(c3cccn(CC(O)CO)c3=O)C(=O)C2NC(=O)c2ccc(OC(F)(F)F)cc2)c(F)c1. The van der Waals surface area contributed by atoms with Crippen molar-refractivity contribution in [2.45, 2.75) is 31.0 Å². The van der Waals surface area contributed by atoms with Crippen LogP contribution in [0.25, 0.3) is 0 Å². The number of aliphatic hydroxyl groups is 2. The lowest BCUT2D eigenvalue weighted by Crippen LogP contribution is -2.44. The van der Waals surface area contributed by atoms with E-state index in [0.717, 1.165) is 45.9 Å². The molecule has 224 valence electrons. The van der Waals surface area contributed by atoms with E-state index < -0.39 is 77.9 Å². The molecule has 2 aromatic carbocycles. The van der Waals surface area contributed by atoms with Gasteiger partial charge in [0.2, 0.25) is 5.91 Å². The quantitative estimate of drug-likeness (QED) is 0.323. The first-order valence-electron chi connectivity index (χ1n) is 12.3. The van der Waals surface area contributed by atoms with Crippen molar-refractivity contribution in [3.63, 3.8) is 0 Å². The summed E-state index contributed by atoms with van der Waals surface area (Å²) in [5.74, 6) is -6.15. The van der Waals surface area contributed by atoms with Crippen LogP contribution in [0.15, 0.2) is 59.5 Å². The second-order valence-electron chi connectivity index (χ2n) is 9.27. The van der Waals surface area contributed by atoms with Crippen LogP contribution in [-0.2, 0) is 11.3 Å². The van der Waals surface area contributed by atoms with Gasteiger partial charge < -0.3 is 34.5 Å². The lowest BCUT2D eigenvalue weighted by molar-refractivity contribution is -0.274. The summed E-state index contributed by atoms with van der Waals surface area (Å²) in [5, 5.41) is 21.3. The van der Waals surface area contributed by atoms with Crippen molar-refractivity contribution in [1.82, 2.24) is 9.88 Å². The number of halogens is 5. The first-order chi connectivity index (χ1) is 19.8. The van der Waals surface area contributed by atoms with Gasteiger partial charge in [-0.3, -0.25) is 14.4 Å². The summed E-state index contributed by atoms with van der Waals surface area (Å²) >= 11 is 0. The normalized spacial score (nSPS) is 17.7. The predicted octanol–water partition coefficient (Wildman–Crippen LogP) is 2.32. The Balaban J connectivity index is 1.71. The molecule has 1 aliphatic rings. The molecule has 1 aliphatic heterocycles. The van der Waals surface area contributed by atoms with Gasteiger partial charge in [0.05, 0.1) is 26.4 Å². The van der Waals surface area contributed by atoms with Crippen molar-refractivity contribution < 1.29 is 51.2 Å². The number of carbonyl (C=O) groups excluding carboxylic acids is 2. The molecule has 3 atom stereocenters. The largest absolute Gasteiger partial charge is 0.573 e. The minimum absolute atomic E-state index is 0.148. The molecule has 0 radical (unpaired) electrons. The molecule has 0 spiro atoms. The van der Waals surface area contributed by atoms with Crippen molar-refractivity contribution >= 4 is 17.5 Å². The average molecular weight is 597 g/mol. The molecule has 2 heterocycles. The number of benzene rings is 2. The minimum atomic E-state index is -4.96. The number of pyridine rings is 1. The van der Waals surface area contributed by atoms with Crippen LogP contribution in [0.2, 0.25) is 0 Å². The molecule has 3 N–H and O–H groups in total. The minimum Gasteiger partial charge on any atom is -0.497 e. The van der Waals surface area contributed by atoms with Crippen LogP contribution in [0.3, 0.4) is 0 Å². The van der Waals surface area contributed by atoms with Crippen LogP contribution in [0.1, 0.15) is 21.8 Å². The zero-order valence-corrected chi connectivity index (χ0v) is 21.8. The van der Waals surface area contributed by atoms with Gasteiger partial charge in [0.25, 0.3) is 11.5 Å². The number of ether oxygens (including phenoxy) is 2. The predicted molar refractivity (Wildman–Crippen MR) is 136 cm³/mol. The summed E-state index contributed by atoms with van der Waals surface area (Å²) in [6.45, 7) is -1.41. The monoisotopic (exact) mass is 597 g/mol. The standard InChI is InChI=1S/C27H24F5N3O7/c1-41-17-9-19(28)22(20(29)10-17)18-12-35(21-3-2-8-34(25(21)39)11-15(37)13-36)26(40)23(18)33-24(38)14-4-6-16(7-5-14)42-27(30,31)32/h2-10,15,18,23,36-37H,11-13H2,1H3,(H,33,38)/t15?,18-,23?/m0/s1. The molecule has 1 aromatic heterocycles. The number of methoxy groups -OCH3 is 1. The van der Waals surface area contributed by atoms with Crippen molar-refractivity contribution in [2.24, 2.45) is 0 Å². The van der Waals surface area contributed by atoms with Crippen LogP contribution in [0, 0.1) is 11.6 Å². The van der Waals surface area contributed by atoms with E-state index in [-0.39, 0.29) is 23.5 Å². The smallest absolute Gasteiger partial charge is 0.497 e. The fraction of sp³-hybridized carbons (Fsp3) is 0.296. The molecule has 2 amide bonds. The number of carbonyl (C=O) groups is 2. The van der Waals surface area contributed by atoms with Crippen LogP contribution in [0.4, 0.5) is 27.6 Å². The lowest BCUT2D eigenvalue weighted by Gasteiger charge is -2.20. The fourth-order valence-corrected chi connectivity index (χ4v) is 4.59. The van der Waals surface area contributed by atoms with Crippen LogP contribution < -0.4 is 25.2 Å². The fourth-order valence-electron chi connectivity index (χ4n) is 4.59. The van der Waals surface area contributed by atoms with E-state index in [0.29, 0.717) is 0 Å². The highest BCUT2D eigenvalue weighted by Crippen LogP contribution is 2.36. The Morgan fingerprint density at radius 1 is 1.10 bits per heavy atom. The highest BCUT2D eigenvalue weighted by atomic mass is 19.4. The Bertz CT molecular complexity index is 1500. The second kappa shape index (κ2) is 12.2. The van der Waals surface area contributed by atoms with E-state index in [1.807, 2.05) is 0 Å². The van der Waals surface area contributed by atoms with Crippen molar-refractivity contribution in [3.05, 3.63) is 87.8 Å². The van der Waals surface area contributed by atoms with Gasteiger partial charge in [-0.15, -0.1) is 13.2 Å². The summed E-state index contributed by atoms with van der Waals surface area (Å²) < 4.78 is 77.4. The lowest BCUT2D eigenvalue weighted by atomic mass is 9.92. The van der Waals surface area contributed by atoms with Gasteiger partial charge in [-0.25, -0.2) is 8.78 Å². The van der Waals surface area contributed by atoms with Gasteiger partial charge >= 0.3 is 6.36 Å². The number of hydrogen-bond acceptors (Lipinski definition) is 7. The number of hydrogen-bond donors (Lipinski definition) is 3. The van der Waals surface area contributed by atoms with Gasteiger partial charge in [0.15, 0.2) is 0 Å². The van der Waals surface area contributed by atoms with E-state index in [4.69, 9.17) is 9.84 Å². The molecule has 1 saturated heterocycles. The zero-order valence-electron chi connectivity index (χ0n) is 21.8. The van der Waals surface area contributed by atoms with E-state index in [1.54, 1.807) is 0 Å². The van der Waals surface area contributed by atoms with Gasteiger partial charge in [-0.05, 0) is 36.4 Å². The summed E-state index contributed by atoms with van der Waals surface area (Å²) in [6, 6.07) is 6.55. The molecular formula is C27H24F5N3O7. The van der Waals surface area contributed by atoms with Crippen molar-refractivity contribution in [3.8, 4) is 11.5 Å². The third kappa shape index (κ3) is 6.52. The number of amides is 2. The number of rotatable bonds is 9. The van der Waals surface area contributed by atoms with Gasteiger partial charge in [-0.2, -0.15) is 0 Å². The van der Waals surface area contributed by atoms with Crippen LogP contribution >= 0.6 is 0 Å². The Morgan fingerprint density at radius 3 is 2.31 bits per heavy atom. The summed E-state index contributed by atoms with van der Waals surface area (Å²) in [6.07, 6.45) is -4.95. The van der Waals surface area contributed by atoms with E-state index >= 15 is 8.78 Å². The average Bonchev–Trinajstić information content (AvgIpc) is 3.23. The third-order valence-electron chi connectivity index (χ3n) is 6.52. The van der Waals surface area contributed by atoms with Crippen LogP contribution in [0.5, 0.6) is 11.5 Å². The molecule has 1 fully saturated rings. The highest BCUT2D eigenvalue weighted by molar-refractivity contribution is 6.05. The molecule has 42 heavy (non-hydrogen) atoms. The summed E-state index contributed by atoms with van der Waals surface area (Å²) in [7, 11) is 1.19. The molecule has 15 heteroatoms. The molecular weight excluding hydrogens is 573 g/mol. The van der Waals surface area contributed by atoms with E-state index in [1.165, 1.54) is 25.4 Å². The third-order valence-corrected chi connectivity index (χ3v) is 6.52. The van der Waals surface area contributed by atoms with Crippen LogP contribution in [-0.4, -0.2) is 65.4 Å².